The van der Waals surface area contributed by atoms with Crippen LogP contribution in [0.25, 0.3) is 0 Å². The van der Waals surface area contributed by atoms with Gasteiger partial charge >= 0.3 is 0 Å². The summed E-state index contributed by atoms with van der Waals surface area (Å²) in [6, 6.07) is 10.5. The van der Waals surface area contributed by atoms with E-state index in [1.807, 2.05) is 32.0 Å². The van der Waals surface area contributed by atoms with Gasteiger partial charge in [0.05, 0.1) is 10.8 Å². The molecule has 5 heteroatoms. The molecule has 0 heterocycles. The minimum atomic E-state index is -0.446. The number of hydrogen-bond donors (Lipinski definition) is 0. The maximum atomic E-state index is 10.8. The molecule has 0 bridgehead atoms. The first-order valence-corrected chi connectivity index (χ1v) is 6.62. The number of halogens is 1. The van der Waals surface area contributed by atoms with E-state index in [1.165, 1.54) is 6.07 Å². The largest absolute Gasteiger partial charge is 0.457 e. The lowest BCUT2D eigenvalue weighted by atomic mass is 10.1. The van der Waals surface area contributed by atoms with Crippen molar-refractivity contribution >= 4 is 17.3 Å². The summed E-state index contributed by atoms with van der Waals surface area (Å²) in [5, 5.41) is 10.8. The summed E-state index contributed by atoms with van der Waals surface area (Å²) < 4.78 is 5.74. The van der Waals surface area contributed by atoms with Crippen LogP contribution in [0.2, 0.25) is 0 Å². The quantitative estimate of drug-likeness (QED) is 0.464. The zero-order chi connectivity index (χ0) is 14.7. The average molecular weight is 292 g/mol. The predicted octanol–water partition coefficient (Wildman–Crippen LogP) is 4.74. The number of nitrogens with zero attached hydrogens (tertiary/aromatic N) is 1. The van der Waals surface area contributed by atoms with Gasteiger partial charge in [0.2, 0.25) is 0 Å². The number of hydrogen-bond acceptors (Lipinski definition) is 3. The van der Waals surface area contributed by atoms with Crippen LogP contribution < -0.4 is 4.74 Å². The van der Waals surface area contributed by atoms with Gasteiger partial charge in [-0.3, -0.25) is 10.1 Å². The highest BCUT2D eigenvalue weighted by atomic mass is 35.5. The van der Waals surface area contributed by atoms with Gasteiger partial charge in [-0.25, -0.2) is 0 Å². The molecule has 2 aromatic rings. The Morgan fingerprint density at radius 2 is 1.75 bits per heavy atom. The molecule has 2 rings (SSSR count). The molecule has 0 saturated heterocycles. The average Bonchev–Trinajstić information content (AvgIpc) is 2.37. The fourth-order valence-corrected chi connectivity index (χ4v) is 2.25. The number of benzene rings is 2. The van der Waals surface area contributed by atoms with Crippen molar-refractivity contribution in [1.82, 2.24) is 0 Å². The molecular formula is C15H14ClNO3. The third-order valence-electron chi connectivity index (χ3n) is 2.82. The Balaban J connectivity index is 2.32. The lowest BCUT2D eigenvalue weighted by Crippen LogP contribution is -1.94. The van der Waals surface area contributed by atoms with Gasteiger partial charge in [0, 0.05) is 11.6 Å². The third-order valence-corrected chi connectivity index (χ3v) is 3.11. The molecule has 0 aliphatic heterocycles. The number of rotatable bonds is 4. The summed E-state index contributed by atoms with van der Waals surface area (Å²) in [7, 11) is 0. The molecule has 104 valence electrons. The molecule has 0 amide bonds. The smallest absolute Gasteiger partial charge is 0.274 e. The number of ether oxygens (including phenoxy) is 1. The third kappa shape index (κ3) is 3.27. The first kappa shape index (κ1) is 14.3. The van der Waals surface area contributed by atoms with E-state index in [-0.39, 0.29) is 11.6 Å². The second kappa shape index (κ2) is 5.92. The van der Waals surface area contributed by atoms with Gasteiger partial charge in [0.25, 0.3) is 5.69 Å². The maximum absolute atomic E-state index is 10.8. The second-order valence-electron chi connectivity index (χ2n) is 4.61. The molecule has 0 N–H and O–H groups in total. The van der Waals surface area contributed by atoms with Gasteiger partial charge in [-0.2, -0.15) is 0 Å². The van der Waals surface area contributed by atoms with Crippen LogP contribution in [0, 0.1) is 24.0 Å². The zero-order valence-corrected chi connectivity index (χ0v) is 12.0. The standard InChI is InChI=1S/C15H14ClNO3/c1-10-5-11(2)7-14(6-10)20-13-3-4-15(17(18)19)12(8-13)9-16/h3-8H,9H2,1-2H3. The van der Waals surface area contributed by atoms with Crippen LogP contribution in [0.15, 0.2) is 36.4 Å². The van der Waals surface area contributed by atoms with Crippen LogP contribution in [-0.4, -0.2) is 4.92 Å². The van der Waals surface area contributed by atoms with Gasteiger partial charge in [-0.05, 0) is 49.2 Å². The fraction of sp³-hybridized carbons (Fsp3) is 0.200. The summed E-state index contributed by atoms with van der Waals surface area (Å²) in [4.78, 5) is 10.4. The summed E-state index contributed by atoms with van der Waals surface area (Å²) in [5.74, 6) is 1.31. The second-order valence-corrected chi connectivity index (χ2v) is 4.87. The van der Waals surface area contributed by atoms with Gasteiger partial charge in [-0.1, -0.05) is 6.07 Å². The molecule has 4 nitrogen and oxygen atoms in total. The Kier molecular flexibility index (Phi) is 4.25. The van der Waals surface area contributed by atoms with E-state index >= 15 is 0 Å². The van der Waals surface area contributed by atoms with Crippen molar-refractivity contribution < 1.29 is 9.66 Å². The molecule has 0 aliphatic carbocycles. The lowest BCUT2D eigenvalue weighted by molar-refractivity contribution is -0.385. The molecule has 0 spiro atoms. The van der Waals surface area contributed by atoms with Crippen LogP contribution in [0.4, 0.5) is 5.69 Å². The number of aryl methyl sites for hydroxylation is 2. The molecule has 0 saturated carbocycles. The van der Waals surface area contributed by atoms with E-state index in [0.717, 1.165) is 11.1 Å². The number of alkyl halides is 1. The molecule has 0 aliphatic rings. The molecule has 0 atom stereocenters. The minimum Gasteiger partial charge on any atom is -0.457 e. The van der Waals surface area contributed by atoms with Crippen molar-refractivity contribution in [2.75, 3.05) is 0 Å². The summed E-state index contributed by atoms with van der Waals surface area (Å²) in [6.45, 7) is 3.97. The Hall–Kier alpha value is -2.07. The van der Waals surface area contributed by atoms with E-state index in [0.29, 0.717) is 17.1 Å². The van der Waals surface area contributed by atoms with E-state index < -0.39 is 4.92 Å². The topological polar surface area (TPSA) is 52.4 Å². The predicted molar refractivity (Wildman–Crippen MR) is 78.6 cm³/mol. The highest BCUT2D eigenvalue weighted by Gasteiger charge is 2.14. The molecular weight excluding hydrogens is 278 g/mol. The monoisotopic (exact) mass is 291 g/mol. The fourth-order valence-electron chi connectivity index (χ4n) is 2.04. The maximum Gasteiger partial charge on any atom is 0.274 e. The summed E-state index contributed by atoms with van der Waals surface area (Å²) in [5.41, 5.74) is 2.64. The van der Waals surface area contributed by atoms with Crippen LogP contribution in [0.1, 0.15) is 16.7 Å². The SMILES string of the molecule is Cc1cc(C)cc(Oc2ccc([N+](=O)[O-])c(CCl)c2)c1. The molecule has 0 radical (unpaired) electrons. The van der Waals surface area contributed by atoms with Crippen molar-refractivity contribution in [3.8, 4) is 11.5 Å². The first-order valence-electron chi connectivity index (χ1n) is 6.09. The van der Waals surface area contributed by atoms with Crippen LogP contribution in [0.3, 0.4) is 0 Å². The van der Waals surface area contributed by atoms with Crippen molar-refractivity contribution in [3.05, 3.63) is 63.2 Å². The first-order chi connectivity index (χ1) is 9.49. The van der Waals surface area contributed by atoms with E-state index in [9.17, 15) is 10.1 Å². The van der Waals surface area contributed by atoms with Gasteiger partial charge < -0.3 is 4.74 Å². The summed E-state index contributed by atoms with van der Waals surface area (Å²) in [6.07, 6.45) is 0. The van der Waals surface area contributed by atoms with Crippen LogP contribution in [-0.2, 0) is 5.88 Å². The highest BCUT2D eigenvalue weighted by Crippen LogP contribution is 2.29. The number of nitro groups is 1. The zero-order valence-electron chi connectivity index (χ0n) is 11.2. The van der Waals surface area contributed by atoms with Gasteiger partial charge in [0.15, 0.2) is 0 Å². The van der Waals surface area contributed by atoms with Crippen molar-refractivity contribution in [1.29, 1.82) is 0 Å². The lowest BCUT2D eigenvalue weighted by Gasteiger charge is -2.09. The minimum absolute atomic E-state index is 0.00720. The van der Waals surface area contributed by atoms with Gasteiger partial charge in [-0.15, -0.1) is 11.6 Å². The summed E-state index contributed by atoms with van der Waals surface area (Å²) >= 11 is 5.74. The van der Waals surface area contributed by atoms with E-state index in [4.69, 9.17) is 16.3 Å². The van der Waals surface area contributed by atoms with E-state index in [2.05, 4.69) is 0 Å². The van der Waals surface area contributed by atoms with Crippen LogP contribution in [0.5, 0.6) is 11.5 Å². The Morgan fingerprint density at radius 1 is 1.10 bits per heavy atom. The van der Waals surface area contributed by atoms with Gasteiger partial charge in [0.1, 0.15) is 11.5 Å². The highest BCUT2D eigenvalue weighted by molar-refractivity contribution is 6.17. The molecule has 2 aromatic carbocycles. The van der Waals surface area contributed by atoms with Crippen molar-refractivity contribution in [2.24, 2.45) is 0 Å². The Bertz CT molecular complexity index is 635. The normalized spacial score (nSPS) is 10.3. The van der Waals surface area contributed by atoms with Crippen molar-refractivity contribution in [3.63, 3.8) is 0 Å². The molecule has 0 unspecified atom stereocenters. The Morgan fingerprint density at radius 3 is 2.30 bits per heavy atom. The van der Waals surface area contributed by atoms with Crippen molar-refractivity contribution in [2.45, 2.75) is 19.7 Å². The molecule has 20 heavy (non-hydrogen) atoms. The van der Waals surface area contributed by atoms with Crippen LogP contribution >= 0.6 is 11.6 Å². The Labute approximate surface area is 122 Å². The number of nitro benzene ring substituents is 1. The van der Waals surface area contributed by atoms with E-state index in [1.54, 1.807) is 12.1 Å². The molecule has 0 aromatic heterocycles. The molecule has 0 fully saturated rings.